The Morgan fingerprint density at radius 2 is 1.59 bits per heavy atom. The number of ether oxygens (including phenoxy) is 1. The Balaban J connectivity index is 1.91. The number of hydrogen-bond donors (Lipinski definition) is 2. The summed E-state index contributed by atoms with van der Waals surface area (Å²) in [6, 6.07) is 11.6. The van der Waals surface area contributed by atoms with Gasteiger partial charge in [-0.15, -0.1) is 0 Å². The summed E-state index contributed by atoms with van der Waals surface area (Å²) >= 11 is 12.0. The van der Waals surface area contributed by atoms with Crippen molar-refractivity contribution in [2.24, 2.45) is 0 Å². The standard InChI is InChI=1S/C19H18Cl2N2O4/c1-11(19(26)23-18-15(20)4-3-5-16(18)21)27-17(25)10-13-6-8-14(9-7-13)22-12(2)24/h3-9,11H,10H2,1-2H3,(H,22,24)(H,23,26)/t11-/m0/s1. The van der Waals surface area contributed by atoms with Crippen molar-refractivity contribution in [2.75, 3.05) is 10.6 Å². The molecule has 8 heteroatoms. The molecule has 0 spiro atoms. The number of benzene rings is 2. The van der Waals surface area contributed by atoms with E-state index in [-0.39, 0.29) is 28.1 Å². The van der Waals surface area contributed by atoms with Crippen LogP contribution in [0.4, 0.5) is 11.4 Å². The summed E-state index contributed by atoms with van der Waals surface area (Å²) < 4.78 is 5.16. The first-order valence-electron chi connectivity index (χ1n) is 8.07. The number of carbonyl (C=O) groups excluding carboxylic acids is 3. The summed E-state index contributed by atoms with van der Waals surface area (Å²) in [5, 5.41) is 5.76. The van der Waals surface area contributed by atoms with Gasteiger partial charge in [-0.25, -0.2) is 0 Å². The zero-order valence-corrected chi connectivity index (χ0v) is 16.2. The average Bonchev–Trinajstić information content (AvgIpc) is 2.59. The first kappa shape index (κ1) is 20.7. The van der Waals surface area contributed by atoms with E-state index in [4.69, 9.17) is 27.9 Å². The molecule has 0 heterocycles. The normalized spacial score (nSPS) is 11.4. The van der Waals surface area contributed by atoms with Crippen molar-refractivity contribution in [1.82, 2.24) is 0 Å². The SMILES string of the molecule is CC(=O)Nc1ccc(CC(=O)O[C@@H](C)C(=O)Nc2c(Cl)cccc2Cl)cc1. The Bertz CT molecular complexity index is 833. The lowest BCUT2D eigenvalue weighted by Gasteiger charge is -2.15. The third-order valence-electron chi connectivity index (χ3n) is 3.51. The van der Waals surface area contributed by atoms with Crippen LogP contribution in [0.5, 0.6) is 0 Å². The maximum absolute atomic E-state index is 12.2. The number of hydrogen-bond acceptors (Lipinski definition) is 4. The summed E-state index contributed by atoms with van der Waals surface area (Å²) in [7, 11) is 0. The van der Waals surface area contributed by atoms with Gasteiger partial charge < -0.3 is 15.4 Å². The van der Waals surface area contributed by atoms with Crippen LogP contribution in [0, 0.1) is 0 Å². The number of rotatable bonds is 6. The lowest BCUT2D eigenvalue weighted by atomic mass is 10.1. The van der Waals surface area contributed by atoms with Crippen molar-refractivity contribution < 1.29 is 19.1 Å². The summed E-state index contributed by atoms with van der Waals surface area (Å²) in [6.07, 6.45) is -1.03. The number of carbonyl (C=O) groups is 3. The number of anilines is 2. The summed E-state index contributed by atoms with van der Waals surface area (Å²) in [4.78, 5) is 35.3. The molecule has 0 aliphatic rings. The third-order valence-corrected chi connectivity index (χ3v) is 4.14. The molecule has 2 aromatic carbocycles. The van der Waals surface area contributed by atoms with Crippen molar-refractivity contribution in [2.45, 2.75) is 26.4 Å². The minimum atomic E-state index is -1.02. The van der Waals surface area contributed by atoms with E-state index in [2.05, 4.69) is 10.6 Å². The molecular weight excluding hydrogens is 391 g/mol. The molecule has 0 bridgehead atoms. The topological polar surface area (TPSA) is 84.5 Å². The lowest BCUT2D eigenvalue weighted by Crippen LogP contribution is -2.30. The van der Waals surface area contributed by atoms with E-state index in [0.29, 0.717) is 11.3 Å². The maximum atomic E-state index is 12.2. The first-order valence-corrected chi connectivity index (χ1v) is 8.82. The molecule has 0 aliphatic carbocycles. The molecule has 6 nitrogen and oxygen atoms in total. The van der Waals surface area contributed by atoms with Gasteiger partial charge in [-0.1, -0.05) is 41.4 Å². The Morgan fingerprint density at radius 1 is 1.00 bits per heavy atom. The largest absolute Gasteiger partial charge is 0.452 e. The molecule has 0 radical (unpaired) electrons. The van der Waals surface area contributed by atoms with Crippen LogP contribution in [0.3, 0.4) is 0 Å². The predicted molar refractivity (Wildman–Crippen MR) is 105 cm³/mol. The van der Waals surface area contributed by atoms with Gasteiger partial charge in [0.25, 0.3) is 5.91 Å². The minimum absolute atomic E-state index is 0.00911. The quantitative estimate of drug-likeness (QED) is 0.705. The van der Waals surface area contributed by atoms with E-state index in [1.807, 2.05) is 0 Å². The Kier molecular flexibility index (Phi) is 7.21. The zero-order valence-electron chi connectivity index (χ0n) is 14.7. The number of amides is 2. The fourth-order valence-corrected chi connectivity index (χ4v) is 2.70. The molecule has 2 N–H and O–H groups in total. The van der Waals surface area contributed by atoms with Crippen LogP contribution in [-0.4, -0.2) is 23.9 Å². The molecular formula is C19H18Cl2N2O4. The van der Waals surface area contributed by atoms with Crippen molar-refractivity contribution >= 4 is 52.4 Å². The Morgan fingerprint density at radius 3 is 2.15 bits per heavy atom. The Hall–Kier alpha value is -2.57. The van der Waals surface area contributed by atoms with Gasteiger partial charge in [0.15, 0.2) is 6.10 Å². The lowest BCUT2D eigenvalue weighted by molar-refractivity contribution is -0.152. The molecule has 27 heavy (non-hydrogen) atoms. The minimum Gasteiger partial charge on any atom is -0.452 e. The van der Waals surface area contributed by atoms with Crippen molar-refractivity contribution in [3.05, 3.63) is 58.1 Å². The van der Waals surface area contributed by atoms with E-state index in [1.54, 1.807) is 42.5 Å². The predicted octanol–water partition coefficient (Wildman–Crippen LogP) is 4.06. The Labute approximate surface area is 166 Å². The monoisotopic (exact) mass is 408 g/mol. The zero-order chi connectivity index (χ0) is 20.0. The van der Waals surface area contributed by atoms with Crippen LogP contribution in [0.15, 0.2) is 42.5 Å². The van der Waals surface area contributed by atoms with Gasteiger partial charge in [-0.2, -0.15) is 0 Å². The van der Waals surface area contributed by atoms with Crippen molar-refractivity contribution in [3.8, 4) is 0 Å². The smallest absolute Gasteiger partial charge is 0.311 e. The highest BCUT2D eigenvalue weighted by Crippen LogP contribution is 2.29. The molecule has 1 atom stereocenters. The molecule has 0 saturated heterocycles. The second kappa shape index (κ2) is 9.39. The maximum Gasteiger partial charge on any atom is 0.311 e. The molecule has 0 unspecified atom stereocenters. The van der Waals surface area contributed by atoms with E-state index in [0.717, 1.165) is 0 Å². The average molecular weight is 409 g/mol. The molecule has 0 aromatic heterocycles. The molecule has 0 saturated carbocycles. The van der Waals surface area contributed by atoms with Crippen LogP contribution in [0.1, 0.15) is 19.4 Å². The van der Waals surface area contributed by atoms with E-state index in [1.165, 1.54) is 13.8 Å². The van der Waals surface area contributed by atoms with Gasteiger partial charge in [0.2, 0.25) is 5.91 Å². The molecule has 0 aliphatic heterocycles. The van der Waals surface area contributed by atoms with Gasteiger partial charge in [0, 0.05) is 12.6 Å². The van der Waals surface area contributed by atoms with Crippen LogP contribution >= 0.6 is 23.2 Å². The highest BCUT2D eigenvalue weighted by atomic mass is 35.5. The first-order chi connectivity index (χ1) is 12.8. The molecule has 0 fully saturated rings. The molecule has 2 rings (SSSR count). The van der Waals surface area contributed by atoms with E-state index < -0.39 is 18.0 Å². The second-order valence-electron chi connectivity index (χ2n) is 5.77. The summed E-state index contributed by atoms with van der Waals surface area (Å²) in [5.74, 6) is -1.28. The van der Waals surface area contributed by atoms with Gasteiger partial charge in [-0.3, -0.25) is 14.4 Å². The van der Waals surface area contributed by atoms with Gasteiger partial charge in [0.05, 0.1) is 22.2 Å². The second-order valence-corrected chi connectivity index (χ2v) is 6.59. The highest BCUT2D eigenvalue weighted by Gasteiger charge is 2.20. The highest BCUT2D eigenvalue weighted by molar-refractivity contribution is 6.39. The summed E-state index contributed by atoms with van der Waals surface area (Å²) in [5.41, 5.74) is 1.59. The van der Waals surface area contributed by atoms with Crippen LogP contribution in [0.25, 0.3) is 0 Å². The van der Waals surface area contributed by atoms with Crippen molar-refractivity contribution in [3.63, 3.8) is 0 Å². The number of para-hydroxylation sites is 1. The van der Waals surface area contributed by atoms with Gasteiger partial charge in [-0.05, 0) is 36.8 Å². The van der Waals surface area contributed by atoms with Crippen LogP contribution < -0.4 is 10.6 Å². The number of halogens is 2. The number of nitrogens with one attached hydrogen (secondary N) is 2. The molecule has 142 valence electrons. The van der Waals surface area contributed by atoms with Gasteiger partial charge in [0.1, 0.15) is 0 Å². The van der Waals surface area contributed by atoms with Gasteiger partial charge >= 0.3 is 5.97 Å². The third kappa shape index (κ3) is 6.27. The molecule has 2 amide bonds. The van der Waals surface area contributed by atoms with Crippen LogP contribution in [0.2, 0.25) is 10.0 Å². The fourth-order valence-electron chi connectivity index (χ4n) is 2.21. The van der Waals surface area contributed by atoms with E-state index >= 15 is 0 Å². The van der Waals surface area contributed by atoms with Crippen LogP contribution in [-0.2, 0) is 25.5 Å². The van der Waals surface area contributed by atoms with Crippen molar-refractivity contribution in [1.29, 1.82) is 0 Å². The fraction of sp³-hybridized carbons (Fsp3) is 0.211. The number of esters is 1. The summed E-state index contributed by atoms with van der Waals surface area (Å²) in [6.45, 7) is 2.87. The molecule has 2 aromatic rings. The van der Waals surface area contributed by atoms with E-state index in [9.17, 15) is 14.4 Å².